The van der Waals surface area contributed by atoms with Gasteiger partial charge in [0, 0.05) is 47.8 Å². The van der Waals surface area contributed by atoms with E-state index < -0.39 is 5.97 Å². The number of anilines is 1. The third kappa shape index (κ3) is 7.20. The molecule has 1 aliphatic rings. The van der Waals surface area contributed by atoms with Crippen LogP contribution in [-0.2, 0) is 17.6 Å². The van der Waals surface area contributed by atoms with Crippen LogP contribution in [0, 0.1) is 11.8 Å². The molecule has 0 spiro atoms. The molecule has 2 aromatic heterocycles. The summed E-state index contributed by atoms with van der Waals surface area (Å²) < 4.78 is 0. The van der Waals surface area contributed by atoms with Crippen LogP contribution in [0.15, 0.2) is 67.0 Å². The Hall–Kier alpha value is -4.24. The lowest BCUT2D eigenvalue weighted by molar-refractivity contribution is -0.137. The van der Waals surface area contributed by atoms with Crippen molar-refractivity contribution in [3.05, 3.63) is 83.7 Å². The van der Waals surface area contributed by atoms with Crippen LogP contribution < -0.4 is 5.32 Å². The standard InChI is InChI=1S/C33H34N4O2/c38-31(39)16-8-6-4-2-1-3-5-7-12-24-17-18-25-21-28(22-27(25)20-24)35-33-29-14-9-10-15-30(29)36-32(37-33)26-13-11-19-34-23-26/h9-11,13-15,17-20,23,28H,1-6,8,16,21-22H2,(H,38,39)(H,35,36,37)/t28-/m0/s1. The lowest BCUT2D eigenvalue weighted by atomic mass is 10.1. The summed E-state index contributed by atoms with van der Waals surface area (Å²) in [4.78, 5) is 24.5. The van der Waals surface area contributed by atoms with Crippen molar-refractivity contribution in [3.63, 3.8) is 0 Å². The molecule has 1 atom stereocenters. The molecule has 2 aromatic carbocycles. The van der Waals surface area contributed by atoms with E-state index in [0.29, 0.717) is 5.82 Å². The average Bonchev–Trinajstić information content (AvgIpc) is 3.36. The first kappa shape index (κ1) is 26.4. The number of fused-ring (bicyclic) bond motifs is 2. The fourth-order valence-electron chi connectivity index (χ4n) is 5.16. The maximum atomic E-state index is 10.6. The van der Waals surface area contributed by atoms with Gasteiger partial charge in [-0.2, -0.15) is 0 Å². The van der Waals surface area contributed by atoms with Gasteiger partial charge in [-0.1, -0.05) is 55.7 Å². The maximum absolute atomic E-state index is 10.6. The molecular weight excluding hydrogens is 484 g/mol. The Morgan fingerprint density at radius 1 is 0.923 bits per heavy atom. The second-order valence-electron chi connectivity index (χ2n) is 10.2. The summed E-state index contributed by atoms with van der Waals surface area (Å²) in [7, 11) is 0. The molecule has 0 saturated heterocycles. The molecule has 39 heavy (non-hydrogen) atoms. The van der Waals surface area contributed by atoms with Gasteiger partial charge >= 0.3 is 5.97 Å². The van der Waals surface area contributed by atoms with Gasteiger partial charge in [0.05, 0.1) is 5.52 Å². The molecule has 0 aliphatic heterocycles. The van der Waals surface area contributed by atoms with Crippen LogP contribution in [-0.4, -0.2) is 32.1 Å². The number of pyridine rings is 1. The van der Waals surface area contributed by atoms with Crippen LogP contribution in [0.2, 0.25) is 0 Å². The number of hydrogen-bond donors (Lipinski definition) is 2. The van der Waals surface area contributed by atoms with E-state index in [4.69, 9.17) is 15.1 Å². The number of nitrogens with one attached hydrogen (secondary N) is 1. The highest BCUT2D eigenvalue weighted by Gasteiger charge is 2.23. The first-order chi connectivity index (χ1) is 19.2. The number of unbranched alkanes of at least 4 members (excludes halogenated alkanes) is 6. The normalized spacial score (nSPS) is 14.0. The Bertz CT molecular complexity index is 1490. The zero-order valence-corrected chi connectivity index (χ0v) is 22.2. The van der Waals surface area contributed by atoms with Gasteiger partial charge in [-0.25, -0.2) is 9.97 Å². The van der Waals surface area contributed by atoms with Crippen molar-refractivity contribution >= 4 is 22.7 Å². The van der Waals surface area contributed by atoms with Crippen molar-refractivity contribution in [1.29, 1.82) is 0 Å². The average molecular weight is 519 g/mol. The first-order valence-corrected chi connectivity index (χ1v) is 13.9. The molecule has 6 nitrogen and oxygen atoms in total. The van der Waals surface area contributed by atoms with Crippen molar-refractivity contribution in [3.8, 4) is 23.2 Å². The van der Waals surface area contributed by atoms with Gasteiger partial charge in [0.25, 0.3) is 0 Å². The largest absolute Gasteiger partial charge is 0.481 e. The Balaban J connectivity index is 1.17. The first-order valence-electron chi connectivity index (χ1n) is 13.9. The summed E-state index contributed by atoms with van der Waals surface area (Å²) in [6.45, 7) is 0. The van der Waals surface area contributed by atoms with Crippen molar-refractivity contribution in [2.45, 2.75) is 70.3 Å². The summed E-state index contributed by atoms with van der Waals surface area (Å²) in [5, 5.41) is 13.4. The van der Waals surface area contributed by atoms with Crippen LogP contribution in [0.1, 0.15) is 68.1 Å². The Morgan fingerprint density at radius 2 is 1.74 bits per heavy atom. The number of carboxylic acids is 1. The highest BCUT2D eigenvalue weighted by atomic mass is 16.4. The number of carboxylic acid groups (broad SMARTS) is 1. The van der Waals surface area contributed by atoms with E-state index in [2.05, 4.69) is 46.4 Å². The molecule has 0 bridgehead atoms. The van der Waals surface area contributed by atoms with E-state index >= 15 is 0 Å². The SMILES string of the molecule is O=C(O)CCCCCCCCC#Cc1ccc2c(c1)C[C@@H](Nc1nc(-c3cccnc3)nc3ccccc13)C2. The predicted octanol–water partition coefficient (Wildman–Crippen LogP) is 6.83. The minimum Gasteiger partial charge on any atom is -0.481 e. The van der Waals surface area contributed by atoms with Crippen LogP contribution in [0.4, 0.5) is 5.82 Å². The zero-order chi connectivity index (χ0) is 26.9. The summed E-state index contributed by atoms with van der Waals surface area (Å²) >= 11 is 0. The van der Waals surface area contributed by atoms with Gasteiger partial charge in [0.15, 0.2) is 5.82 Å². The monoisotopic (exact) mass is 518 g/mol. The third-order valence-electron chi connectivity index (χ3n) is 7.18. The molecule has 6 heteroatoms. The summed E-state index contributed by atoms with van der Waals surface area (Å²) in [5.41, 5.74) is 5.62. The van der Waals surface area contributed by atoms with Gasteiger partial charge in [-0.3, -0.25) is 9.78 Å². The molecular formula is C33H34N4O2. The molecule has 2 N–H and O–H groups in total. The lowest BCUT2D eigenvalue weighted by Crippen LogP contribution is -2.20. The highest BCUT2D eigenvalue weighted by Crippen LogP contribution is 2.29. The summed E-state index contributed by atoms with van der Waals surface area (Å²) in [6.07, 6.45) is 12.9. The molecule has 5 rings (SSSR count). The number of rotatable bonds is 11. The molecule has 0 amide bonds. The van der Waals surface area contributed by atoms with E-state index in [1.807, 2.05) is 30.3 Å². The Labute approximate surface area is 229 Å². The van der Waals surface area contributed by atoms with Crippen LogP contribution >= 0.6 is 0 Å². The lowest BCUT2D eigenvalue weighted by Gasteiger charge is -2.15. The van der Waals surface area contributed by atoms with E-state index in [-0.39, 0.29) is 12.5 Å². The number of hydrogen-bond acceptors (Lipinski definition) is 5. The third-order valence-corrected chi connectivity index (χ3v) is 7.18. The van der Waals surface area contributed by atoms with E-state index in [1.165, 1.54) is 11.1 Å². The van der Waals surface area contributed by atoms with Gasteiger partial charge < -0.3 is 10.4 Å². The van der Waals surface area contributed by atoms with Crippen LogP contribution in [0.3, 0.4) is 0 Å². The quantitative estimate of drug-likeness (QED) is 0.167. The molecule has 2 heterocycles. The number of benzene rings is 2. The van der Waals surface area contributed by atoms with Crippen molar-refractivity contribution in [1.82, 2.24) is 15.0 Å². The molecule has 0 unspecified atom stereocenters. The number of aromatic nitrogens is 3. The minimum absolute atomic E-state index is 0.263. The Morgan fingerprint density at radius 3 is 2.59 bits per heavy atom. The molecule has 1 aliphatic carbocycles. The molecule has 198 valence electrons. The summed E-state index contributed by atoms with van der Waals surface area (Å²) in [6, 6.07) is 18.9. The molecule has 0 radical (unpaired) electrons. The van der Waals surface area contributed by atoms with Crippen LogP contribution in [0.25, 0.3) is 22.3 Å². The van der Waals surface area contributed by atoms with Crippen molar-refractivity contribution in [2.24, 2.45) is 0 Å². The van der Waals surface area contributed by atoms with E-state index in [9.17, 15) is 4.79 Å². The van der Waals surface area contributed by atoms with Gasteiger partial charge in [-0.05, 0) is 73.2 Å². The number of aliphatic carboxylic acids is 1. The summed E-state index contributed by atoms with van der Waals surface area (Å²) in [5.74, 6) is 7.53. The number of nitrogens with zero attached hydrogens (tertiary/aromatic N) is 3. The van der Waals surface area contributed by atoms with Crippen molar-refractivity contribution < 1.29 is 9.90 Å². The second kappa shape index (κ2) is 13.0. The smallest absolute Gasteiger partial charge is 0.303 e. The second-order valence-corrected chi connectivity index (χ2v) is 10.2. The zero-order valence-electron chi connectivity index (χ0n) is 22.2. The van der Waals surface area contributed by atoms with Gasteiger partial charge in [0.1, 0.15) is 5.82 Å². The van der Waals surface area contributed by atoms with Crippen LogP contribution in [0.5, 0.6) is 0 Å². The fraction of sp³-hybridized carbons (Fsp3) is 0.333. The number of carbonyl (C=O) groups is 1. The topological polar surface area (TPSA) is 88.0 Å². The molecule has 4 aromatic rings. The van der Waals surface area contributed by atoms with Gasteiger partial charge in [-0.15, -0.1) is 0 Å². The molecule has 0 fully saturated rings. The predicted molar refractivity (Wildman–Crippen MR) is 155 cm³/mol. The van der Waals surface area contributed by atoms with E-state index in [0.717, 1.165) is 85.6 Å². The van der Waals surface area contributed by atoms with Crippen molar-refractivity contribution in [2.75, 3.05) is 5.32 Å². The fourth-order valence-corrected chi connectivity index (χ4v) is 5.16. The van der Waals surface area contributed by atoms with Gasteiger partial charge in [0.2, 0.25) is 0 Å². The Kier molecular flexibility index (Phi) is 8.80. The number of para-hydroxylation sites is 1. The molecule has 0 saturated carbocycles. The maximum Gasteiger partial charge on any atom is 0.303 e. The highest BCUT2D eigenvalue weighted by molar-refractivity contribution is 5.90. The van der Waals surface area contributed by atoms with E-state index in [1.54, 1.807) is 12.4 Å². The minimum atomic E-state index is -0.696.